The first-order valence-corrected chi connectivity index (χ1v) is 10.6. The van der Waals surface area contributed by atoms with Gasteiger partial charge in [-0.05, 0) is 25.8 Å². The molecule has 1 aromatic rings. The minimum Gasteiger partial charge on any atom is -0.379 e. The Bertz CT molecular complexity index is 594. The van der Waals surface area contributed by atoms with Crippen LogP contribution in [0.2, 0.25) is 0 Å². The average Bonchev–Trinajstić information content (AvgIpc) is 2.73. The van der Waals surface area contributed by atoms with Gasteiger partial charge in [-0.15, -0.1) is 0 Å². The number of nitrogens with zero attached hydrogens (tertiary/aromatic N) is 3. The van der Waals surface area contributed by atoms with Gasteiger partial charge in [-0.25, -0.2) is 0 Å². The van der Waals surface area contributed by atoms with Crippen LogP contribution in [0.4, 0.5) is 0 Å². The molecule has 2 aliphatic rings. The van der Waals surface area contributed by atoms with Crippen molar-refractivity contribution in [1.82, 2.24) is 20.0 Å². The first-order valence-electron chi connectivity index (χ1n) is 10.6. The third-order valence-corrected chi connectivity index (χ3v) is 5.98. The van der Waals surface area contributed by atoms with Crippen molar-refractivity contribution in [3.63, 3.8) is 0 Å². The van der Waals surface area contributed by atoms with Gasteiger partial charge < -0.3 is 15.0 Å². The highest BCUT2D eigenvalue weighted by Crippen LogP contribution is 2.15. The van der Waals surface area contributed by atoms with Gasteiger partial charge >= 0.3 is 0 Å². The van der Waals surface area contributed by atoms with Gasteiger partial charge in [0.15, 0.2) is 0 Å². The van der Waals surface area contributed by atoms with Gasteiger partial charge in [0.25, 0.3) is 0 Å². The zero-order valence-corrected chi connectivity index (χ0v) is 17.5. The summed E-state index contributed by atoms with van der Waals surface area (Å²) in [5.41, 5.74) is 1.36. The molecule has 6 nitrogen and oxygen atoms in total. The van der Waals surface area contributed by atoms with Crippen molar-refractivity contribution in [1.29, 1.82) is 0 Å². The number of carbonyl (C=O) groups is 1. The smallest absolute Gasteiger partial charge is 0.234 e. The zero-order valence-electron chi connectivity index (χ0n) is 17.5. The molecule has 0 atom stereocenters. The van der Waals surface area contributed by atoms with Crippen LogP contribution in [-0.4, -0.2) is 98.3 Å². The highest BCUT2D eigenvalue weighted by molar-refractivity contribution is 5.78. The molecule has 2 fully saturated rings. The molecular formula is C22H36N4O2. The SMILES string of the molecule is CC(C)(CNC(=O)CN1CCN(CCc2ccccc2)CC1)N1CCOCC1. The van der Waals surface area contributed by atoms with Crippen LogP contribution < -0.4 is 5.32 Å². The molecule has 0 unspecified atom stereocenters. The van der Waals surface area contributed by atoms with Crippen LogP contribution >= 0.6 is 0 Å². The molecule has 2 aliphatic heterocycles. The molecule has 28 heavy (non-hydrogen) atoms. The quantitative estimate of drug-likeness (QED) is 0.722. The summed E-state index contributed by atoms with van der Waals surface area (Å²) in [6, 6.07) is 10.7. The lowest BCUT2D eigenvalue weighted by atomic mass is 10.0. The predicted molar refractivity (Wildman–Crippen MR) is 113 cm³/mol. The summed E-state index contributed by atoms with van der Waals surface area (Å²) in [7, 11) is 0. The predicted octanol–water partition coefficient (Wildman–Crippen LogP) is 1.07. The molecule has 6 heteroatoms. The van der Waals surface area contributed by atoms with Gasteiger partial charge in [0, 0.05) is 57.9 Å². The zero-order chi connectivity index (χ0) is 19.8. The van der Waals surface area contributed by atoms with Crippen LogP contribution in [0.25, 0.3) is 0 Å². The van der Waals surface area contributed by atoms with Crippen molar-refractivity contribution in [2.45, 2.75) is 25.8 Å². The first-order chi connectivity index (χ1) is 13.5. The summed E-state index contributed by atoms with van der Waals surface area (Å²) >= 11 is 0. The molecule has 2 heterocycles. The Hall–Kier alpha value is -1.47. The van der Waals surface area contributed by atoms with E-state index in [9.17, 15) is 4.79 Å². The van der Waals surface area contributed by atoms with Crippen molar-refractivity contribution < 1.29 is 9.53 Å². The topological polar surface area (TPSA) is 48.1 Å². The Morgan fingerprint density at radius 3 is 2.32 bits per heavy atom. The lowest BCUT2D eigenvalue weighted by Gasteiger charge is -2.41. The normalized spacial score (nSPS) is 20.2. The molecule has 0 radical (unpaired) electrons. The van der Waals surface area contributed by atoms with E-state index in [2.05, 4.69) is 64.2 Å². The minimum atomic E-state index is -0.0322. The number of benzene rings is 1. The molecule has 3 rings (SSSR count). The van der Waals surface area contributed by atoms with E-state index < -0.39 is 0 Å². The number of amides is 1. The summed E-state index contributed by atoms with van der Waals surface area (Å²) < 4.78 is 5.43. The first kappa shape index (κ1) is 21.2. The third kappa shape index (κ3) is 6.55. The fourth-order valence-corrected chi connectivity index (χ4v) is 3.96. The Labute approximate surface area is 169 Å². The number of carbonyl (C=O) groups excluding carboxylic acids is 1. The number of morpholine rings is 1. The lowest BCUT2D eigenvalue weighted by molar-refractivity contribution is -0.123. The summed E-state index contributed by atoms with van der Waals surface area (Å²) in [6.07, 6.45) is 1.10. The monoisotopic (exact) mass is 388 g/mol. The Morgan fingerprint density at radius 2 is 1.64 bits per heavy atom. The van der Waals surface area contributed by atoms with Gasteiger partial charge in [0.2, 0.25) is 5.91 Å². The molecule has 1 N–H and O–H groups in total. The molecular weight excluding hydrogens is 352 g/mol. The molecule has 1 amide bonds. The van der Waals surface area contributed by atoms with Gasteiger partial charge in [0.1, 0.15) is 0 Å². The molecule has 0 aromatic heterocycles. The molecule has 2 saturated heterocycles. The highest BCUT2D eigenvalue weighted by Gasteiger charge is 2.29. The second-order valence-corrected chi connectivity index (χ2v) is 8.54. The van der Waals surface area contributed by atoms with E-state index in [0.29, 0.717) is 13.1 Å². The van der Waals surface area contributed by atoms with Gasteiger partial charge in [-0.2, -0.15) is 0 Å². The average molecular weight is 389 g/mol. The van der Waals surface area contributed by atoms with Crippen molar-refractivity contribution >= 4 is 5.91 Å². The number of hydrogen-bond acceptors (Lipinski definition) is 5. The molecule has 0 aliphatic carbocycles. The molecule has 0 spiro atoms. The van der Waals surface area contributed by atoms with E-state index in [1.807, 2.05) is 0 Å². The summed E-state index contributed by atoms with van der Waals surface area (Å²) in [5, 5.41) is 3.15. The summed E-state index contributed by atoms with van der Waals surface area (Å²) in [4.78, 5) is 19.6. The van der Waals surface area contributed by atoms with E-state index in [0.717, 1.165) is 65.4 Å². The van der Waals surface area contributed by atoms with Crippen molar-refractivity contribution in [3.8, 4) is 0 Å². The van der Waals surface area contributed by atoms with E-state index in [1.165, 1.54) is 5.56 Å². The fraction of sp³-hybridized carbons (Fsp3) is 0.682. The van der Waals surface area contributed by atoms with E-state index in [1.54, 1.807) is 0 Å². The number of ether oxygens (including phenoxy) is 1. The van der Waals surface area contributed by atoms with Crippen LogP contribution in [0.15, 0.2) is 30.3 Å². The van der Waals surface area contributed by atoms with Gasteiger partial charge in [0.05, 0.1) is 19.8 Å². The number of rotatable bonds is 8. The van der Waals surface area contributed by atoms with E-state index >= 15 is 0 Å². The van der Waals surface area contributed by atoms with Gasteiger partial charge in [-0.3, -0.25) is 14.6 Å². The van der Waals surface area contributed by atoms with Gasteiger partial charge in [-0.1, -0.05) is 30.3 Å². The Morgan fingerprint density at radius 1 is 1.00 bits per heavy atom. The Balaban J connectivity index is 1.32. The highest BCUT2D eigenvalue weighted by atomic mass is 16.5. The number of piperazine rings is 1. The lowest BCUT2D eigenvalue weighted by Crippen LogP contribution is -2.56. The minimum absolute atomic E-state index is 0.0322. The van der Waals surface area contributed by atoms with E-state index in [4.69, 9.17) is 4.74 Å². The maximum atomic E-state index is 12.4. The molecule has 1 aromatic carbocycles. The van der Waals surface area contributed by atoms with Crippen LogP contribution in [0.3, 0.4) is 0 Å². The molecule has 0 bridgehead atoms. The van der Waals surface area contributed by atoms with Crippen molar-refractivity contribution in [3.05, 3.63) is 35.9 Å². The fourth-order valence-electron chi connectivity index (χ4n) is 3.96. The van der Waals surface area contributed by atoms with Crippen LogP contribution in [0.1, 0.15) is 19.4 Å². The largest absolute Gasteiger partial charge is 0.379 e. The standard InChI is InChI=1S/C22H36N4O2/c1-22(2,26-14-16-28-17-15-26)19-23-21(27)18-25-12-10-24(11-13-25)9-8-20-6-4-3-5-7-20/h3-7H,8-19H2,1-2H3,(H,23,27). The van der Waals surface area contributed by atoms with Crippen LogP contribution in [-0.2, 0) is 16.0 Å². The summed E-state index contributed by atoms with van der Waals surface area (Å²) in [5.74, 6) is 0.138. The number of hydrogen-bond donors (Lipinski definition) is 1. The number of nitrogens with one attached hydrogen (secondary N) is 1. The molecule has 156 valence electrons. The Kier molecular flexibility index (Phi) is 7.85. The van der Waals surface area contributed by atoms with Crippen LogP contribution in [0, 0.1) is 0 Å². The third-order valence-electron chi connectivity index (χ3n) is 5.98. The van der Waals surface area contributed by atoms with Crippen molar-refractivity contribution in [2.75, 3.05) is 72.1 Å². The van der Waals surface area contributed by atoms with Crippen LogP contribution in [0.5, 0.6) is 0 Å². The van der Waals surface area contributed by atoms with E-state index in [-0.39, 0.29) is 11.4 Å². The summed E-state index contributed by atoms with van der Waals surface area (Å²) in [6.45, 7) is 14.1. The second kappa shape index (κ2) is 10.3. The maximum absolute atomic E-state index is 12.4. The maximum Gasteiger partial charge on any atom is 0.234 e. The molecule has 0 saturated carbocycles. The second-order valence-electron chi connectivity index (χ2n) is 8.54. The van der Waals surface area contributed by atoms with Crippen molar-refractivity contribution in [2.24, 2.45) is 0 Å².